The molecular weight excluding hydrogens is 264 g/mol. The predicted octanol–water partition coefficient (Wildman–Crippen LogP) is 3.58. The third kappa shape index (κ3) is 3.16. The molecule has 0 spiro atoms. The van der Waals surface area contributed by atoms with Crippen LogP contribution in [0, 0.1) is 22.7 Å². The Kier molecular flexibility index (Phi) is 3.56. The van der Waals surface area contributed by atoms with E-state index in [-0.39, 0.29) is 5.75 Å². The van der Waals surface area contributed by atoms with Crippen LogP contribution in [0.1, 0.15) is 11.1 Å². The van der Waals surface area contributed by atoms with Gasteiger partial charge in [0.05, 0.1) is 23.3 Å². The van der Waals surface area contributed by atoms with Gasteiger partial charge in [0.2, 0.25) is 0 Å². The smallest absolute Gasteiger partial charge is 0.132 e. The number of benzene rings is 2. The quantitative estimate of drug-likeness (QED) is 0.905. The summed E-state index contributed by atoms with van der Waals surface area (Å²) in [5, 5.41) is 27.5. The highest BCUT2D eigenvalue weighted by atomic mass is 35.5. The minimum absolute atomic E-state index is 0.0283. The first-order chi connectivity index (χ1) is 9.10. The van der Waals surface area contributed by atoms with Gasteiger partial charge in [-0.05, 0) is 30.3 Å². The molecule has 19 heavy (non-hydrogen) atoms. The summed E-state index contributed by atoms with van der Waals surface area (Å²) < 4.78 is 5.48. The fraction of sp³-hybridized carbons (Fsp3) is 0. The van der Waals surface area contributed by atoms with Gasteiger partial charge >= 0.3 is 0 Å². The van der Waals surface area contributed by atoms with Gasteiger partial charge in [0, 0.05) is 11.1 Å². The molecule has 0 saturated heterocycles. The van der Waals surface area contributed by atoms with Gasteiger partial charge in [0.15, 0.2) is 0 Å². The predicted molar refractivity (Wildman–Crippen MR) is 69.1 cm³/mol. The number of ether oxygens (including phenoxy) is 1. The highest BCUT2D eigenvalue weighted by molar-refractivity contribution is 6.30. The number of aromatic hydroxyl groups is 1. The molecule has 0 saturated carbocycles. The second-order valence-electron chi connectivity index (χ2n) is 3.72. The maximum Gasteiger partial charge on any atom is 0.132 e. The Morgan fingerprint density at radius 1 is 0.895 bits per heavy atom. The van der Waals surface area contributed by atoms with Crippen molar-refractivity contribution < 1.29 is 9.84 Å². The zero-order valence-electron chi connectivity index (χ0n) is 9.59. The lowest BCUT2D eigenvalue weighted by molar-refractivity contribution is 0.455. The van der Waals surface area contributed by atoms with E-state index in [1.54, 1.807) is 0 Å². The van der Waals surface area contributed by atoms with E-state index in [0.29, 0.717) is 27.6 Å². The van der Waals surface area contributed by atoms with Gasteiger partial charge in [0.1, 0.15) is 17.2 Å². The van der Waals surface area contributed by atoms with Crippen molar-refractivity contribution in [1.29, 1.82) is 10.5 Å². The Labute approximate surface area is 114 Å². The van der Waals surface area contributed by atoms with Gasteiger partial charge in [-0.3, -0.25) is 0 Å². The van der Waals surface area contributed by atoms with E-state index in [1.807, 2.05) is 12.1 Å². The number of phenols is 1. The third-order valence-corrected chi connectivity index (χ3v) is 2.47. The number of nitrogens with zero attached hydrogens (tertiary/aromatic N) is 2. The SMILES string of the molecule is N#Cc1cc(C#N)cc(Oc2cc(O)cc(Cl)c2)c1. The first-order valence-corrected chi connectivity index (χ1v) is 5.61. The largest absolute Gasteiger partial charge is 0.508 e. The fourth-order valence-electron chi connectivity index (χ4n) is 1.53. The molecule has 0 bridgehead atoms. The van der Waals surface area contributed by atoms with Gasteiger partial charge in [-0.15, -0.1) is 0 Å². The van der Waals surface area contributed by atoms with Crippen LogP contribution in [-0.2, 0) is 0 Å². The van der Waals surface area contributed by atoms with Crippen LogP contribution in [0.25, 0.3) is 0 Å². The lowest BCUT2D eigenvalue weighted by atomic mass is 10.1. The summed E-state index contributed by atoms with van der Waals surface area (Å²) in [7, 11) is 0. The minimum atomic E-state index is -0.0283. The van der Waals surface area contributed by atoms with Gasteiger partial charge < -0.3 is 9.84 Å². The molecule has 0 aliphatic heterocycles. The highest BCUT2D eigenvalue weighted by Gasteiger charge is 2.05. The molecule has 0 aliphatic carbocycles. The summed E-state index contributed by atoms with van der Waals surface area (Å²) in [5.41, 5.74) is 0.639. The van der Waals surface area contributed by atoms with Crippen LogP contribution in [0.4, 0.5) is 0 Å². The Morgan fingerprint density at radius 3 is 2.00 bits per heavy atom. The van der Waals surface area contributed by atoms with Crippen LogP contribution in [0.2, 0.25) is 5.02 Å². The molecule has 0 aromatic heterocycles. The summed E-state index contributed by atoms with van der Waals surface area (Å²) in [5.74, 6) is 0.626. The summed E-state index contributed by atoms with van der Waals surface area (Å²) in [6, 6.07) is 12.6. The average Bonchev–Trinajstić information content (AvgIpc) is 2.37. The minimum Gasteiger partial charge on any atom is -0.508 e. The highest BCUT2D eigenvalue weighted by Crippen LogP contribution is 2.29. The molecular formula is C14H7ClN2O2. The normalized spacial score (nSPS) is 9.42. The summed E-state index contributed by atoms with van der Waals surface area (Å²) in [4.78, 5) is 0. The number of rotatable bonds is 2. The number of phenolic OH excluding ortho intramolecular Hbond substituents is 1. The van der Waals surface area contributed by atoms with E-state index in [2.05, 4.69) is 0 Å². The van der Waals surface area contributed by atoms with Crippen molar-refractivity contribution in [2.24, 2.45) is 0 Å². The summed E-state index contributed by atoms with van der Waals surface area (Å²) in [6.07, 6.45) is 0. The molecule has 0 atom stereocenters. The van der Waals surface area contributed by atoms with E-state index < -0.39 is 0 Å². The van der Waals surface area contributed by atoms with Crippen LogP contribution in [0.3, 0.4) is 0 Å². The Morgan fingerprint density at radius 2 is 1.47 bits per heavy atom. The molecule has 0 unspecified atom stereocenters. The second kappa shape index (κ2) is 5.30. The first kappa shape index (κ1) is 12.8. The van der Waals surface area contributed by atoms with E-state index in [9.17, 15) is 5.11 Å². The second-order valence-corrected chi connectivity index (χ2v) is 4.15. The molecule has 2 aromatic carbocycles. The zero-order valence-corrected chi connectivity index (χ0v) is 10.3. The monoisotopic (exact) mass is 270 g/mol. The number of halogens is 1. The van der Waals surface area contributed by atoms with Gasteiger partial charge in [-0.2, -0.15) is 10.5 Å². The van der Waals surface area contributed by atoms with Crippen LogP contribution >= 0.6 is 11.6 Å². The van der Waals surface area contributed by atoms with Gasteiger partial charge in [0.25, 0.3) is 0 Å². The molecule has 0 radical (unpaired) electrons. The van der Waals surface area contributed by atoms with Crippen LogP contribution in [0.15, 0.2) is 36.4 Å². The maximum atomic E-state index is 9.40. The molecule has 0 aliphatic rings. The van der Waals surface area contributed by atoms with Crippen molar-refractivity contribution in [3.05, 3.63) is 52.5 Å². The van der Waals surface area contributed by atoms with E-state index in [4.69, 9.17) is 26.9 Å². The van der Waals surface area contributed by atoms with E-state index >= 15 is 0 Å². The molecule has 0 amide bonds. The zero-order chi connectivity index (χ0) is 13.8. The van der Waals surface area contributed by atoms with E-state index in [1.165, 1.54) is 36.4 Å². The Balaban J connectivity index is 2.38. The summed E-state index contributed by atoms with van der Waals surface area (Å²) in [6.45, 7) is 0. The number of hydrogen-bond acceptors (Lipinski definition) is 4. The van der Waals surface area contributed by atoms with Crippen molar-refractivity contribution >= 4 is 11.6 Å². The molecule has 1 N–H and O–H groups in total. The van der Waals surface area contributed by atoms with Crippen molar-refractivity contribution in [3.8, 4) is 29.4 Å². The topological polar surface area (TPSA) is 77.0 Å². The third-order valence-electron chi connectivity index (χ3n) is 2.26. The Bertz CT molecular complexity index is 662. The molecule has 0 fully saturated rings. The van der Waals surface area contributed by atoms with Gasteiger partial charge in [-0.25, -0.2) is 0 Å². The molecule has 2 aromatic rings. The molecule has 0 heterocycles. The average molecular weight is 271 g/mol. The van der Waals surface area contributed by atoms with Crippen molar-refractivity contribution in [3.63, 3.8) is 0 Å². The standard InChI is InChI=1S/C14H7ClN2O2/c15-11-4-12(18)6-14(5-11)19-13-2-9(7-16)1-10(3-13)8-17/h1-6,18H. The van der Waals surface area contributed by atoms with Crippen molar-refractivity contribution in [2.75, 3.05) is 0 Å². The molecule has 5 heteroatoms. The maximum absolute atomic E-state index is 9.40. The van der Waals surface area contributed by atoms with Crippen LogP contribution in [-0.4, -0.2) is 5.11 Å². The van der Waals surface area contributed by atoms with Crippen LogP contribution < -0.4 is 4.74 Å². The van der Waals surface area contributed by atoms with E-state index in [0.717, 1.165) is 0 Å². The summed E-state index contributed by atoms with van der Waals surface area (Å²) >= 11 is 5.79. The van der Waals surface area contributed by atoms with Gasteiger partial charge in [-0.1, -0.05) is 11.6 Å². The number of hydrogen-bond donors (Lipinski definition) is 1. The number of nitriles is 2. The van der Waals surface area contributed by atoms with Crippen LogP contribution in [0.5, 0.6) is 17.2 Å². The van der Waals surface area contributed by atoms with Crippen molar-refractivity contribution in [1.82, 2.24) is 0 Å². The van der Waals surface area contributed by atoms with Crippen molar-refractivity contribution in [2.45, 2.75) is 0 Å². The first-order valence-electron chi connectivity index (χ1n) is 5.23. The molecule has 2 rings (SSSR count). The fourth-order valence-corrected chi connectivity index (χ4v) is 1.75. The Hall–Kier alpha value is -2.69. The lowest BCUT2D eigenvalue weighted by Crippen LogP contribution is -1.87. The molecule has 4 nitrogen and oxygen atoms in total. The lowest BCUT2D eigenvalue weighted by Gasteiger charge is -2.07. The molecule has 92 valence electrons.